The molecule has 0 aliphatic rings. The van der Waals surface area contributed by atoms with Crippen molar-refractivity contribution in [2.45, 2.75) is 12.3 Å². The van der Waals surface area contributed by atoms with Crippen molar-refractivity contribution >= 4 is 11.6 Å². The second-order valence-corrected chi connectivity index (χ2v) is 3.02. The first-order valence-electron chi connectivity index (χ1n) is 3.52. The summed E-state index contributed by atoms with van der Waals surface area (Å²) in [7, 11) is 0. The Hall–Kier alpha value is -0.810. The van der Waals surface area contributed by atoms with E-state index in [2.05, 4.69) is 0 Å². The summed E-state index contributed by atoms with van der Waals surface area (Å²) >= 11 is 5.33. The first-order chi connectivity index (χ1) is 6.32. The van der Waals surface area contributed by atoms with Crippen LogP contribution in [-0.4, -0.2) is 11.3 Å². The Bertz CT molecular complexity index is 337. The van der Waals surface area contributed by atoms with E-state index >= 15 is 0 Å². The highest BCUT2D eigenvalue weighted by atomic mass is 35.5. The minimum absolute atomic E-state index is 0.449. The predicted octanol–water partition coefficient (Wildman–Crippen LogP) is 3.07. The lowest BCUT2D eigenvalue weighted by atomic mass is 10.1. The normalized spacial score (nSPS) is 14.1. The molecule has 1 aromatic carbocycles. The number of benzene rings is 1. The molecule has 0 fully saturated rings. The summed E-state index contributed by atoms with van der Waals surface area (Å²) in [4.78, 5) is 0. The van der Waals surface area contributed by atoms with E-state index < -0.39 is 28.7 Å². The molecule has 0 amide bonds. The Labute approximate surface area is 81.9 Å². The van der Waals surface area contributed by atoms with Gasteiger partial charge in [-0.25, -0.2) is 4.39 Å². The first kappa shape index (κ1) is 11.3. The van der Waals surface area contributed by atoms with Gasteiger partial charge in [-0.1, -0.05) is 17.7 Å². The van der Waals surface area contributed by atoms with Gasteiger partial charge < -0.3 is 5.11 Å². The van der Waals surface area contributed by atoms with Gasteiger partial charge in [0.25, 0.3) is 0 Å². The SMILES string of the molecule is OC(c1ccc(F)cc1Cl)C(F)(F)F. The molecule has 0 aliphatic carbocycles. The third-order valence-corrected chi connectivity index (χ3v) is 1.89. The third kappa shape index (κ3) is 2.36. The molecular weight excluding hydrogens is 224 g/mol. The molecule has 0 saturated heterocycles. The summed E-state index contributed by atoms with van der Waals surface area (Å²) in [6, 6.07) is 2.32. The molecule has 14 heavy (non-hydrogen) atoms. The van der Waals surface area contributed by atoms with Crippen LogP contribution in [0.2, 0.25) is 5.02 Å². The molecule has 1 atom stereocenters. The zero-order valence-electron chi connectivity index (χ0n) is 6.65. The lowest BCUT2D eigenvalue weighted by Gasteiger charge is -2.15. The van der Waals surface area contributed by atoms with Gasteiger partial charge in [0, 0.05) is 10.6 Å². The topological polar surface area (TPSA) is 20.2 Å². The average Bonchev–Trinajstić information content (AvgIpc) is 2.01. The monoisotopic (exact) mass is 228 g/mol. The summed E-state index contributed by atoms with van der Waals surface area (Å²) in [6.45, 7) is 0. The van der Waals surface area contributed by atoms with Gasteiger partial charge in [0.15, 0.2) is 6.10 Å². The molecule has 1 rings (SSSR count). The molecule has 6 heteroatoms. The van der Waals surface area contributed by atoms with Crippen molar-refractivity contribution < 1.29 is 22.7 Å². The molecule has 1 N–H and O–H groups in total. The molecule has 0 aliphatic heterocycles. The van der Waals surface area contributed by atoms with Crippen LogP contribution in [0.15, 0.2) is 18.2 Å². The van der Waals surface area contributed by atoms with Gasteiger partial charge in [-0.3, -0.25) is 0 Å². The summed E-state index contributed by atoms with van der Waals surface area (Å²) in [6.07, 6.45) is -7.49. The van der Waals surface area contributed by atoms with Crippen molar-refractivity contribution in [3.05, 3.63) is 34.6 Å². The summed E-state index contributed by atoms with van der Waals surface area (Å²) in [5.41, 5.74) is -0.555. The van der Waals surface area contributed by atoms with Crippen LogP contribution in [0.1, 0.15) is 11.7 Å². The maximum Gasteiger partial charge on any atom is 0.418 e. The first-order valence-corrected chi connectivity index (χ1v) is 3.90. The summed E-state index contributed by atoms with van der Waals surface area (Å²) < 4.78 is 48.5. The van der Waals surface area contributed by atoms with E-state index in [1.807, 2.05) is 0 Å². The summed E-state index contributed by atoms with van der Waals surface area (Å²) in [5.74, 6) is -0.756. The van der Waals surface area contributed by atoms with Crippen molar-refractivity contribution in [2.75, 3.05) is 0 Å². The van der Waals surface area contributed by atoms with E-state index in [0.717, 1.165) is 12.1 Å². The largest absolute Gasteiger partial charge is 0.418 e. The molecule has 0 aromatic heterocycles. The Balaban J connectivity index is 3.08. The van der Waals surface area contributed by atoms with Gasteiger partial charge >= 0.3 is 6.18 Å². The van der Waals surface area contributed by atoms with Gasteiger partial charge in [0.1, 0.15) is 5.82 Å². The third-order valence-electron chi connectivity index (χ3n) is 1.57. The number of aliphatic hydroxyl groups excluding tert-OH is 1. The van der Waals surface area contributed by atoms with E-state index in [-0.39, 0.29) is 0 Å². The molecule has 0 spiro atoms. The van der Waals surface area contributed by atoms with Crippen LogP contribution in [-0.2, 0) is 0 Å². The summed E-state index contributed by atoms with van der Waals surface area (Å²) in [5, 5.41) is 8.35. The molecule has 0 saturated carbocycles. The molecule has 0 radical (unpaired) electrons. The van der Waals surface area contributed by atoms with Gasteiger partial charge in [-0.15, -0.1) is 0 Å². The minimum atomic E-state index is -4.80. The fourth-order valence-electron chi connectivity index (χ4n) is 0.900. The van der Waals surface area contributed by atoms with Crippen molar-refractivity contribution in [3.63, 3.8) is 0 Å². The number of rotatable bonds is 1. The van der Waals surface area contributed by atoms with E-state index in [4.69, 9.17) is 16.7 Å². The van der Waals surface area contributed by atoms with Gasteiger partial charge in [-0.2, -0.15) is 13.2 Å². The lowest BCUT2D eigenvalue weighted by molar-refractivity contribution is -0.206. The molecular formula is C8H5ClF4O. The van der Waals surface area contributed by atoms with E-state index in [9.17, 15) is 17.6 Å². The second kappa shape index (κ2) is 3.74. The minimum Gasteiger partial charge on any atom is -0.379 e. The molecule has 1 nitrogen and oxygen atoms in total. The Morgan fingerprint density at radius 1 is 1.29 bits per heavy atom. The zero-order chi connectivity index (χ0) is 10.9. The van der Waals surface area contributed by atoms with Gasteiger partial charge in [0.05, 0.1) is 0 Å². The highest BCUT2D eigenvalue weighted by molar-refractivity contribution is 6.31. The Morgan fingerprint density at radius 3 is 2.29 bits per heavy atom. The Kier molecular flexibility index (Phi) is 3.01. The number of hydrogen-bond donors (Lipinski definition) is 1. The molecule has 1 unspecified atom stereocenters. The zero-order valence-corrected chi connectivity index (χ0v) is 7.40. The molecule has 78 valence electrons. The van der Waals surface area contributed by atoms with Crippen molar-refractivity contribution in [1.82, 2.24) is 0 Å². The number of aliphatic hydroxyl groups is 1. The smallest absolute Gasteiger partial charge is 0.379 e. The number of halogens is 5. The second-order valence-electron chi connectivity index (χ2n) is 2.61. The predicted molar refractivity (Wildman–Crippen MR) is 42.4 cm³/mol. The average molecular weight is 229 g/mol. The fraction of sp³-hybridized carbons (Fsp3) is 0.250. The van der Waals surface area contributed by atoms with Crippen molar-refractivity contribution in [3.8, 4) is 0 Å². The maximum atomic E-state index is 12.5. The van der Waals surface area contributed by atoms with E-state index in [0.29, 0.717) is 6.07 Å². The van der Waals surface area contributed by atoms with Crippen LogP contribution < -0.4 is 0 Å². The highest BCUT2D eigenvalue weighted by Gasteiger charge is 2.40. The van der Waals surface area contributed by atoms with E-state index in [1.165, 1.54) is 0 Å². The maximum absolute atomic E-state index is 12.5. The van der Waals surface area contributed by atoms with Gasteiger partial charge in [-0.05, 0) is 12.1 Å². The van der Waals surface area contributed by atoms with Crippen LogP contribution in [0, 0.1) is 5.82 Å². The van der Waals surface area contributed by atoms with Crippen LogP contribution in [0.3, 0.4) is 0 Å². The van der Waals surface area contributed by atoms with Crippen LogP contribution in [0.5, 0.6) is 0 Å². The fourth-order valence-corrected chi connectivity index (χ4v) is 1.17. The number of hydrogen-bond acceptors (Lipinski definition) is 1. The van der Waals surface area contributed by atoms with Crippen LogP contribution in [0.25, 0.3) is 0 Å². The molecule has 0 heterocycles. The molecule has 0 bridgehead atoms. The standard InChI is InChI=1S/C8H5ClF4O/c9-6-3-4(10)1-2-5(6)7(14)8(11,12)13/h1-3,7,14H. The van der Waals surface area contributed by atoms with Gasteiger partial charge in [0.2, 0.25) is 0 Å². The van der Waals surface area contributed by atoms with Crippen molar-refractivity contribution in [2.24, 2.45) is 0 Å². The quantitative estimate of drug-likeness (QED) is 0.733. The van der Waals surface area contributed by atoms with E-state index in [1.54, 1.807) is 0 Å². The lowest BCUT2D eigenvalue weighted by Crippen LogP contribution is -2.20. The molecule has 1 aromatic rings. The van der Waals surface area contributed by atoms with Crippen LogP contribution in [0.4, 0.5) is 17.6 Å². The van der Waals surface area contributed by atoms with Crippen LogP contribution >= 0.6 is 11.6 Å². The highest BCUT2D eigenvalue weighted by Crippen LogP contribution is 2.35. The van der Waals surface area contributed by atoms with Crippen molar-refractivity contribution in [1.29, 1.82) is 0 Å². The number of alkyl halides is 3. The Morgan fingerprint density at radius 2 is 1.86 bits per heavy atom.